The number of nitrogens with zero attached hydrogens (tertiary/aromatic N) is 1. The van der Waals surface area contributed by atoms with E-state index in [1.807, 2.05) is 6.92 Å². The fraction of sp³-hybridized carbons (Fsp3) is 0.133. The van der Waals surface area contributed by atoms with Crippen molar-refractivity contribution in [2.24, 2.45) is 0 Å². The maximum Gasteiger partial charge on any atom is 0.280 e. The number of hydrazine groups is 1. The summed E-state index contributed by atoms with van der Waals surface area (Å²) < 4.78 is 28.3. The Balaban J connectivity index is 1.68. The molecule has 3 N–H and O–H groups in total. The van der Waals surface area contributed by atoms with Gasteiger partial charge in [0.1, 0.15) is 6.04 Å². The Morgan fingerprint density at radius 1 is 0.769 bits per heavy atom. The van der Waals surface area contributed by atoms with Crippen molar-refractivity contribution in [2.75, 3.05) is 5.01 Å². The average Bonchev–Trinajstić information content (AvgIpc) is 2.96. The maximum atomic E-state index is 13.8. The Labute approximate surface area is 228 Å². The Bertz CT molecular complexity index is 1490. The molecule has 0 unspecified atom stereocenters. The topological polar surface area (TPSA) is 116 Å². The van der Waals surface area contributed by atoms with E-state index in [9.17, 15) is 23.1 Å². The second-order valence-corrected chi connectivity index (χ2v) is 10.8. The van der Waals surface area contributed by atoms with Crippen molar-refractivity contribution in [3.05, 3.63) is 132 Å². The molecule has 0 saturated carbocycles. The summed E-state index contributed by atoms with van der Waals surface area (Å²) in [5.41, 5.74) is 2.15. The minimum atomic E-state index is -4.04. The molecule has 0 radical (unpaired) electrons. The zero-order valence-corrected chi connectivity index (χ0v) is 22.3. The van der Waals surface area contributed by atoms with Gasteiger partial charge in [-0.05, 0) is 49.2 Å². The molecule has 200 valence electrons. The first kappa shape index (κ1) is 27.7. The van der Waals surface area contributed by atoms with Crippen molar-refractivity contribution < 1.29 is 23.1 Å². The summed E-state index contributed by atoms with van der Waals surface area (Å²) in [6, 6.07) is 29.9. The molecule has 0 saturated heterocycles. The highest BCUT2D eigenvalue weighted by Crippen LogP contribution is 2.30. The van der Waals surface area contributed by atoms with Crippen molar-refractivity contribution in [1.82, 2.24) is 10.1 Å². The summed E-state index contributed by atoms with van der Waals surface area (Å²) in [4.78, 5) is 27.5. The standard InChI is InChI=1S/C30H29N3O5S/c1-22-18-20-27(21-19-22)39(37,38)32-23(2)28(34)33(26-16-10-5-11-17-26)31-29(35)30(36,24-12-6-3-7-13-24)25-14-8-4-9-15-25/h3-21,23,32,36H,1-2H3,(H,31,35)/t23-/m1/s1. The van der Waals surface area contributed by atoms with Crippen LogP contribution in [0.5, 0.6) is 0 Å². The van der Waals surface area contributed by atoms with Crippen LogP contribution >= 0.6 is 0 Å². The molecular weight excluding hydrogens is 514 g/mol. The van der Waals surface area contributed by atoms with Crippen molar-refractivity contribution in [3.63, 3.8) is 0 Å². The van der Waals surface area contributed by atoms with Crippen LogP contribution in [-0.4, -0.2) is 31.4 Å². The molecule has 1 atom stereocenters. The van der Waals surface area contributed by atoms with Crippen molar-refractivity contribution in [3.8, 4) is 0 Å². The Morgan fingerprint density at radius 2 is 1.23 bits per heavy atom. The van der Waals surface area contributed by atoms with E-state index in [-0.39, 0.29) is 10.6 Å². The lowest BCUT2D eigenvalue weighted by atomic mass is 9.85. The van der Waals surface area contributed by atoms with Gasteiger partial charge in [0.2, 0.25) is 10.0 Å². The van der Waals surface area contributed by atoms with Gasteiger partial charge in [0.15, 0.2) is 5.60 Å². The lowest BCUT2D eigenvalue weighted by Gasteiger charge is -2.33. The molecule has 8 nitrogen and oxygen atoms in total. The van der Waals surface area contributed by atoms with Gasteiger partial charge >= 0.3 is 0 Å². The fourth-order valence-electron chi connectivity index (χ4n) is 4.06. The number of sulfonamides is 1. The van der Waals surface area contributed by atoms with Gasteiger partial charge in [-0.25, -0.2) is 13.4 Å². The molecule has 4 rings (SSSR count). The number of aryl methyl sites for hydroxylation is 1. The van der Waals surface area contributed by atoms with Crippen LogP contribution in [0, 0.1) is 6.92 Å². The van der Waals surface area contributed by atoms with Gasteiger partial charge in [-0.3, -0.25) is 15.0 Å². The van der Waals surface area contributed by atoms with E-state index in [0.29, 0.717) is 11.1 Å². The maximum absolute atomic E-state index is 13.8. The molecule has 2 amide bonds. The first-order chi connectivity index (χ1) is 18.6. The number of carbonyl (C=O) groups is 2. The van der Waals surface area contributed by atoms with Crippen LogP contribution in [0.2, 0.25) is 0 Å². The molecule has 39 heavy (non-hydrogen) atoms. The number of aliphatic hydroxyl groups is 1. The van der Waals surface area contributed by atoms with E-state index in [2.05, 4.69) is 10.1 Å². The second-order valence-electron chi connectivity index (χ2n) is 9.05. The minimum Gasteiger partial charge on any atom is -0.372 e. The molecule has 0 aromatic heterocycles. The van der Waals surface area contributed by atoms with Gasteiger partial charge in [0, 0.05) is 0 Å². The molecule has 0 aliphatic rings. The van der Waals surface area contributed by atoms with Gasteiger partial charge in [0.05, 0.1) is 10.6 Å². The van der Waals surface area contributed by atoms with E-state index in [4.69, 9.17) is 0 Å². The molecule has 0 fully saturated rings. The third-order valence-electron chi connectivity index (χ3n) is 6.19. The molecule has 0 aliphatic carbocycles. The summed E-state index contributed by atoms with van der Waals surface area (Å²) in [6.45, 7) is 3.22. The molecular formula is C30H29N3O5S. The number of hydrogen-bond donors (Lipinski definition) is 3. The Hall–Kier alpha value is -4.31. The van der Waals surface area contributed by atoms with Crippen LogP contribution < -0.4 is 15.2 Å². The van der Waals surface area contributed by atoms with Crippen LogP contribution in [0.15, 0.2) is 120 Å². The number of carbonyl (C=O) groups excluding carboxylic acids is 2. The Kier molecular flexibility index (Phi) is 8.25. The highest BCUT2D eigenvalue weighted by Gasteiger charge is 2.42. The molecule has 0 heterocycles. The Morgan fingerprint density at radius 3 is 1.72 bits per heavy atom. The predicted molar refractivity (Wildman–Crippen MR) is 149 cm³/mol. The smallest absolute Gasteiger partial charge is 0.280 e. The second kappa shape index (κ2) is 11.6. The zero-order chi connectivity index (χ0) is 28.0. The first-order valence-corrected chi connectivity index (χ1v) is 13.7. The normalized spacial score (nSPS) is 12.4. The highest BCUT2D eigenvalue weighted by atomic mass is 32.2. The number of hydrogen-bond acceptors (Lipinski definition) is 5. The van der Waals surface area contributed by atoms with E-state index in [1.54, 1.807) is 103 Å². The first-order valence-electron chi connectivity index (χ1n) is 12.3. The minimum absolute atomic E-state index is 0.00516. The average molecular weight is 544 g/mol. The summed E-state index contributed by atoms with van der Waals surface area (Å²) >= 11 is 0. The summed E-state index contributed by atoms with van der Waals surface area (Å²) in [5, 5.41) is 12.8. The summed E-state index contributed by atoms with van der Waals surface area (Å²) in [7, 11) is -4.04. The van der Waals surface area contributed by atoms with Gasteiger partial charge in [0.25, 0.3) is 11.8 Å². The van der Waals surface area contributed by atoms with Crippen LogP contribution in [0.1, 0.15) is 23.6 Å². The summed E-state index contributed by atoms with van der Waals surface area (Å²) in [6.07, 6.45) is 0. The number of para-hydroxylation sites is 1. The lowest BCUT2D eigenvalue weighted by molar-refractivity contribution is -0.138. The lowest BCUT2D eigenvalue weighted by Crippen LogP contribution is -2.58. The number of rotatable bonds is 8. The van der Waals surface area contributed by atoms with Crippen LogP contribution in [0.25, 0.3) is 0 Å². The van der Waals surface area contributed by atoms with Gasteiger partial charge in [-0.2, -0.15) is 4.72 Å². The van der Waals surface area contributed by atoms with Crippen molar-refractivity contribution in [1.29, 1.82) is 0 Å². The van der Waals surface area contributed by atoms with Gasteiger partial charge in [-0.1, -0.05) is 96.6 Å². The van der Waals surface area contributed by atoms with Crippen molar-refractivity contribution in [2.45, 2.75) is 30.4 Å². The van der Waals surface area contributed by atoms with Crippen LogP contribution in [0.3, 0.4) is 0 Å². The zero-order valence-electron chi connectivity index (χ0n) is 21.5. The van der Waals surface area contributed by atoms with Crippen LogP contribution in [-0.2, 0) is 25.2 Å². The van der Waals surface area contributed by atoms with E-state index in [0.717, 1.165) is 10.6 Å². The molecule has 0 aliphatic heterocycles. The summed E-state index contributed by atoms with van der Waals surface area (Å²) in [5.74, 6) is -1.65. The molecule has 4 aromatic rings. The SMILES string of the molecule is Cc1ccc(S(=O)(=O)N[C@H](C)C(=O)N(NC(=O)C(O)(c2ccccc2)c2ccccc2)c2ccccc2)cc1. The van der Waals surface area contributed by atoms with Crippen molar-refractivity contribution >= 4 is 27.5 Å². The van der Waals surface area contributed by atoms with E-state index in [1.165, 1.54) is 19.1 Å². The molecule has 4 aromatic carbocycles. The third-order valence-corrected chi connectivity index (χ3v) is 7.75. The number of benzene rings is 4. The number of anilines is 1. The van der Waals surface area contributed by atoms with Gasteiger partial charge < -0.3 is 5.11 Å². The number of amides is 2. The molecule has 9 heteroatoms. The third kappa shape index (κ3) is 6.06. The largest absolute Gasteiger partial charge is 0.372 e. The monoisotopic (exact) mass is 543 g/mol. The van der Waals surface area contributed by atoms with Gasteiger partial charge in [-0.15, -0.1) is 0 Å². The highest BCUT2D eigenvalue weighted by molar-refractivity contribution is 7.89. The number of nitrogens with one attached hydrogen (secondary N) is 2. The van der Waals surface area contributed by atoms with Crippen LogP contribution in [0.4, 0.5) is 5.69 Å². The fourth-order valence-corrected chi connectivity index (χ4v) is 5.25. The predicted octanol–water partition coefficient (Wildman–Crippen LogP) is 3.66. The quantitative estimate of drug-likeness (QED) is 0.294. The molecule has 0 spiro atoms. The van der Waals surface area contributed by atoms with E-state index >= 15 is 0 Å². The van der Waals surface area contributed by atoms with E-state index < -0.39 is 33.5 Å². The molecule has 0 bridgehead atoms.